The summed E-state index contributed by atoms with van der Waals surface area (Å²) >= 11 is 0. The Morgan fingerprint density at radius 3 is 2.43 bits per heavy atom. The van der Waals surface area contributed by atoms with Gasteiger partial charge in [-0.25, -0.2) is 9.86 Å². The molecule has 2 aromatic rings. The molecule has 1 aromatic carbocycles. The topological polar surface area (TPSA) is 128 Å². The minimum absolute atomic E-state index is 0.117. The van der Waals surface area contributed by atoms with Crippen LogP contribution in [0.1, 0.15) is 33.4 Å². The van der Waals surface area contributed by atoms with E-state index < -0.39 is 35.2 Å². The third-order valence-corrected chi connectivity index (χ3v) is 4.68. The van der Waals surface area contributed by atoms with Gasteiger partial charge in [-0.1, -0.05) is 17.3 Å². The first-order valence-corrected chi connectivity index (χ1v) is 8.99. The van der Waals surface area contributed by atoms with E-state index in [1.54, 1.807) is 45.0 Å². The Hall–Kier alpha value is -2.46. The Labute approximate surface area is 161 Å². The maximum atomic E-state index is 12.3. The van der Waals surface area contributed by atoms with E-state index in [9.17, 15) is 25.0 Å². The van der Waals surface area contributed by atoms with Crippen molar-refractivity contribution in [3.05, 3.63) is 51.3 Å². The highest BCUT2D eigenvalue weighted by Gasteiger charge is 2.35. The van der Waals surface area contributed by atoms with Crippen molar-refractivity contribution in [2.45, 2.75) is 51.2 Å². The molecule has 2 heterocycles. The van der Waals surface area contributed by atoms with Gasteiger partial charge in [0.25, 0.3) is 5.56 Å². The number of H-pyrrole nitrogens is 1. The Bertz CT molecular complexity index is 944. The lowest BCUT2D eigenvalue weighted by Crippen LogP contribution is -2.37. The van der Waals surface area contributed by atoms with Crippen LogP contribution in [0.15, 0.2) is 40.1 Å². The van der Waals surface area contributed by atoms with Crippen molar-refractivity contribution < 1.29 is 20.2 Å². The first-order chi connectivity index (χ1) is 13.1. The van der Waals surface area contributed by atoms with Crippen LogP contribution in [-0.2, 0) is 9.94 Å². The van der Waals surface area contributed by atoms with Crippen molar-refractivity contribution in [3.8, 4) is 11.1 Å². The number of aromatic amines is 1. The number of hydrogen-bond donors (Lipinski definition) is 3. The number of aromatic nitrogens is 2. The van der Waals surface area contributed by atoms with Crippen LogP contribution in [0.4, 0.5) is 5.69 Å². The van der Waals surface area contributed by atoms with Gasteiger partial charge in [0.2, 0.25) is 0 Å². The highest BCUT2D eigenvalue weighted by molar-refractivity contribution is 5.64. The summed E-state index contributed by atoms with van der Waals surface area (Å²) in [5.41, 5.74) is -0.631. The number of aliphatic hydroxyl groups is 2. The zero-order valence-corrected chi connectivity index (χ0v) is 16.0. The number of aliphatic hydroxyl groups excluding tert-OH is 2. The maximum Gasteiger partial charge on any atom is 0.330 e. The van der Waals surface area contributed by atoms with Gasteiger partial charge < -0.3 is 14.9 Å². The summed E-state index contributed by atoms with van der Waals surface area (Å²) in [5, 5.41) is 32.3. The second-order valence-electron chi connectivity index (χ2n) is 7.84. The second kappa shape index (κ2) is 7.51. The molecule has 0 unspecified atom stereocenters. The van der Waals surface area contributed by atoms with Gasteiger partial charge in [-0.05, 0) is 38.5 Å². The molecule has 1 saturated heterocycles. The molecule has 9 nitrogen and oxygen atoms in total. The predicted octanol–water partition coefficient (Wildman–Crippen LogP) is 0.795. The van der Waals surface area contributed by atoms with Crippen LogP contribution in [0.2, 0.25) is 0 Å². The Balaban J connectivity index is 1.95. The fraction of sp³-hybridized carbons (Fsp3) is 0.474. The largest absolute Gasteiger partial charge is 0.394 e. The number of ether oxygens (including phenoxy) is 1. The standard InChI is InChI=1S/C19H24N3O6/c1-19(2,3)22(27)12-6-4-11(5-7-12)13-9-21(18(26)20-17(13)25)16-8-14(24)15(10-23)28-16/h4-7,9,14-16,23-24H,8,10H2,1-3H3,(H,20,25,26)/t14-,15+,16+/m0/s1. The fourth-order valence-corrected chi connectivity index (χ4v) is 3.12. The van der Waals surface area contributed by atoms with E-state index in [0.717, 1.165) is 5.06 Å². The average Bonchev–Trinajstić information content (AvgIpc) is 3.01. The molecule has 1 fully saturated rings. The minimum atomic E-state index is -0.906. The van der Waals surface area contributed by atoms with Gasteiger partial charge in [0.05, 0.1) is 29.5 Å². The SMILES string of the molecule is CC(C)(C)N([O])c1ccc(-c2cn([C@H]3C[C@H](O)[C@@H](CO)O3)c(=O)[nH]c2=O)cc1. The van der Waals surface area contributed by atoms with E-state index in [0.29, 0.717) is 11.3 Å². The lowest BCUT2D eigenvalue weighted by atomic mass is 10.1. The number of rotatable bonds is 4. The first-order valence-electron chi connectivity index (χ1n) is 8.99. The summed E-state index contributed by atoms with van der Waals surface area (Å²) in [4.78, 5) is 26.7. The van der Waals surface area contributed by atoms with E-state index in [1.807, 2.05) is 0 Å². The zero-order valence-electron chi connectivity index (χ0n) is 16.0. The van der Waals surface area contributed by atoms with Gasteiger partial charge in [0.15, 0.2) is 0 Å². The summed E-state index contributed by atoms with van der Waals surface area (Å²) in [5.74, 6) is 0. The molecule has 1 radical (unpaired) electrons. The van der Waals surface area contributed by atoms with Crippen molar-refractivity contribution in [3.63, 3.8) is 0 Å². The van der Waals surface area contributed by atoms with E-state index in [2.05, 4.69) is 4.98 Å². The summed E-state index contributed by atoms with van der Waals surface area (Å²) < 4.78 is 6.69. The summed E-state index contributed by atoms with van der Waals surface area (Å²) in [6, 6.07) is 6.48. The van der Waals surface area contributed by atoms with Crippen molar-refractivity contribution >= 4 is 5.69 Å². The van der Waals surface area contributed by atoms with Crippen molar-refractivity contribution in [2.75, 3.05) is 11.7 Å². The zero-order chi connectivity index (χ0) is 20.6. The Kier molecular flexibility index (Phi) is 5.44. The minimum Gasteiger partial charge on any atom is -0.394 e. The first kappa shape index (κ1) is 20.3. The van der Waals surface area contributed by atoms with Crippen LogP contribution in [0.5, 0.6) is 0 Å². The number of nitrogens with one attached hydrogen (secondary N) is 1. The maximum absolute atomic E-state index is 12.3. The Morgan fingerprint density at radius 2 is 1.89 bits per heavy atom. The van der Waals surface area contributed by atoms with Crippen LogP contribution in [-0.4, -0.2) is 44.1 Å². The molecule has 9 heteroatoms. The Morgan fingerprint density at radius 1 is 1.25 bits per heavy atom. The normalized spacial score (nSPS) is 22.4. The third-order valence-electron chi connectivity index (χ3n) is 4.68. The van der Waals surface area contributed by atoms with Crippen molar-refractivity contribution in [1.82, 2.24) is 9.55 Å². The van der Waals surface area contributed by atoms with E-state index >= 15 is 0 Å². The molecule has 1 aliphatic heterocycles. The quantitative estimate of drug-likeness (QED) is 0.663. The molecule has 0 saturated carbocycles. The van der Waals surface area contributed by atoms with E-state index in [4.69, 9.17) is 4.74 Å². The lowest BCUT2D eigenvalue weighted by Gasteiger charge is -2.28. The van der Waals surface area contributed by atoms with Gasteiger partial charge in [-0.3, -0.25) is 14.3 Å². The molecule has 3 atom stereocenters. The van der Waals surface area contributed by atoms with Crippen LogP contribution < -0.4 is 16.3 Å². The number of hydrogen-bond acceptors (Lipinski definition) is 6. The fourth-order valence-electron chi connectivity index (χ4n) is 3.12. The van der Waals surface area contributed by atoms with Gasteiger partial charge in [-0.2, -0.15) is 0 Å². The molecule has 28 heavy (non-hydrogen) atoms. The monoisotopic (exact) mass is 390 g/mol. The van der Waals surface area contributed by atoms with Gasteiger partial charge in [0, 0.05) is 12.6 Å². The molecule has 151 valence electrons. The van der Waals surface area contributed by atoms with Crippen molar-refractivity contribution in [1.29, 1.82) is 0 Å². The van der Waals surface area contributed by atoms with Crippen LogP contribution in [0.25, 0.3) is 11.1 Å². The number of anilines is 1. The molecule has 3 N–H and O–H groups in total. The predicted molar refractivity (Wildman–Crippen MR) is 101 cm³/mol. The molecular formula is C19H24N3O6. The highest BCUT2D eigenvalue weighted by Crippen LogP contribution is 2.29. The highest BCUT2D eigenvalue weighted by atomic mass is 16.5. The van der Waals surface area contributed by atoms with Crippen LogP contribution in [0, 0.1) is 0 Å². The lowest BCUT2D eigenvalue weighted by molar-refractivity contribution is -0.0458. The molecule has 0 bridgehead atoms. The molecule has 1 aliphatic rings. The van der Waals surface area contributed by atoms with E-state index in [-0.39, 0.29) is 18.6 Å². The smallest absolute Gasteiger partial charge is 0.330 e. The average molecular weight is 390 g/mol. The van der Waals surface area contributed by atoms with E-state index in [1.165, 1.54) is 10.8 Å². The summed E-state index contributed by atoms with van der Waals surface area (Å²) in [6.45, 7) is 5.02. The second-order valence-corrected chi connectivity index (χ2v) is 7.84. The molecule has 3 rings (SSSR count). The van der Waals surface area contributed by atoms with Crippen molar-refractivity contribution in [2.24, 2.45) is 0 Å². The summed E-state index contributed by atoms with van der Waals surface area (Å²) in [7, 11) is 0. The molecule has 0 amide bonds. The number of hydroxylamine groups is 1. The van der Waals surface area contributed by atoms with Gasteiger partial charge in [-0.15, -0.1) is 0 Å². The van der Waals surface area contributed by atoms with Crippen LogP contribution >= 0.6 is 0 Å². The molecule has 0 aliphatic carbocycles. The van der Waals surface area contributed by atoms with Gasteiger partial charge in [0.1, 0.15) is 12.3 Å². The molecule has 1 aromatic heterocycles. The van der Waals surface area contributed by atoms with Crippen LogP contribution in [0.3, 0.4) is 0 Å². The molecule has 0 spiro atoms. The summed E-state index contributed by atoms with van der Waals surface area (Å²) in [6.07, 6.45) is -1.00. The molecular weight excluding hydrogens is 366 g/mol. The van der Waals surface area contributed by atoms with Gasteiger partial charge >= 0.3 is 5.69 Å². The third kappa shape index (κ3) is 3.88. The number of nitrogens with zero attached hydrogens (tertiary/aromatic N) is 2. The number of benzene rings is 1.